The standard InChI is InChI=1S/C14H22N2O/c1-4-16(5-2)11-14(17)15-12(3)13-9-7-6-8-10-13/h6-10,12H,4-5,11H2,1-3H3,(H,15,17)/p+1/t12-/m1/s1. The van der Waals surface area contributed by atoms with Crippen LogP contribution < -0.4 is 10.2 Å². The molecule has 1 aromatic rings. The van der Waals surface area contributed by atoms with Gasteiger partial charge in [0.25, 0.3) is 5.91 Å². The smallest absolute Gasteiger partial charge is 0.275 e. The molecule has 1 amide bonds. The maximum atomic E-state index is 11.8. The molecular weight excluding hydrogens is 212 g/mol. The molecule has 94 valence electrons. The highest BCUT2D eigenvalue weighted by Gasteiger charge is 2.13. The predicted octanol–water partition coefficient (Wildman–Crippen LogP) is 0.788. The van der Waals surface area contributed by atoms with Crippen molar-refractivity contribution in [2.75, 3.05) is 19.6 Å². The van der Waals surface area contributed by atoms with Crippen LogP contribution in [0.25, 0.3) is 0 Å². The van der Waals surface area contributed by atoms with Crippen molar-refractivity contribution < 1.29 is 9.69 Å². The zero-order valence-corrected chi connectivity index (χ0v) is 11.0. The van der Waals surface area contributed by atoms with Crippen LogP contribution in [0.5, 0.6) is 0 Å². The van der Waals surface area contributed by atoms with Gasteiger partial charge in [0.05, 0.1) is 19.1 Å². The average Bonchev–Trinajstić information content (AvgIpc) is 2.37. The first-order chi connectivity index (χ1) is 8.17. The fourth-order valence-corrected chi connectivity index (χ4v) is 1.84. The molecule has 0 bridgehead atoms. The van der Waals surface area contributed by atoms with E-state index in [-0.39, 0.29) is 11.9 Å². The SMILES string of the molecule is CC[NH+](CC)CC(=O)N[C@H](C)c1ccccc1. The maximum Gasteiger partial charge on any atom is 0.275 e. The van der Waals surface area contributed by atoms with Crippen LogP contribution in [0.3, 0.4) is 0 Å². The van der Waals surface area contributed by atoms with Crippen LogP contribution >= 0.6 is 0 Å². The molecule has 0 heterocycles. The van der Waals surface area contributed by atoms with Gasteiger partial charge in [-0.15, -0.1) is 0 Å². The number of hydrogen-bond donors (Lipinski definition) is 2. The quantitative estimate of drug-likeness (QED) is 0.751. The fourth-order valence-electron chi connectivity index (χ4n) is 1.84. The van der Waals surface area contributed by atoms with Crippen LogP contribution in [-0.4, -0.2) is 25.5 Å². The van der Waals surface area contributed by atoms with Crippen molar-refractivity contribution in [2.24, 2.45) is 0 Å². The Hall–Kier alpha value is -1.35. The summed E-state index contributed by atoms with van der Waals surface area (Å²) in [7, 11) is 0. The monoisotopic (exact) mass is 235 g/mol. The average molecular weight is 235 g/mol. The molecule has 0 aromatic heterocycles. The van der Waals surface area contributed by atoms with Gasteiger partial charge in [-0.05, 0) is 26.3 Å². The zero-order valence-electron chi connectivity index (χ0n) is 11.0. The van der Waals surface area contributed by atoms with Crippen molar-refractivity contribution in [3.63, 3.8) is 0 Å². The Morgan fingerprint density at radius 3 is 2.35 bits per heavy atom. The van der Waals surface area contributed by atoms with Crippen LogP contribution in [0.1, 0.15) is 32.4 Å². The van der Waals surface area contributed by atoms with Gasteiger partial charge >= 0.3 is 0 Å². The van der Waals surface area contributed by atoms with E-state index in [9.17, 15) is 4.79 Å². The van der Waals surface area contributed by atoms with Gasteiger partial charge in [0, 0.05) is 0 Å². The normalized spacial score (nSPS) is 12.5. The van der Waals surface area contributed by atoms with Crippen LogP contribution in [0.15, 0.2) is 30.3 Å². The first kappa shape index (κ1) is 13.7. The van der Waals surface area contributed by atoms with Crippen LogP contribution in [0.2, 0.25) is 0 Å². The summed E-state index contributed by atoms with van der Waals surface area (Å²) >= 11 is 0. The van der Waals surface area contributed by atoms with Gasteiger partial charge < -0.3 is 10.2 Å². The Morgan fingerprint density at radius 1 is 1.24 bits per heavy atom. The van der Waals surface area contributed by atoms with Crippen molar-refractivity contribution >= 4 is 5.91 Å². The van der Waals surface area contributed by atoms with Gasteiger partial charge in [-0.25, -0.2) is 0 Å². The molecule has 0 radical (unpaired) electrons. The van der Waals surface area contributed by atoms with E-state index in [1.807, 2.05) is 37.3 Å². The molecule has 1 aromatic carbocycles. The molecule has 0 unspecified atom stereocenters. The van der Waals surface area contributed by atoms with E-state index in [0.29, 0.717) is 6.54 Å². The van der Waals surface area contributed by atoms with E-state index in [2.05, 4.69) is 19.2 Å². The molecule has 0 saturated heterocycles. The topological polar surface area (TPSA) is 33.5 Å². The van der Waals surface area contributed by atoms with Crippen molar-refractivity contribution in [3.8, 4) is 0 Å². The number of likely N-dealkylation sites (N-methyl/N-ethyl adjacent to an activating group) is 1. The van der Waals surface area contributed by atoms with Gasteiger partial charge in [0.15, 0.2) is 6.54 Å². The zero-order chi connectivity index (χ0) is 12.7. The highest BCUT2D eigenvalue weighted by Crippen LogP contribution is 2.10. The molecule has 1 atom stereocenters. The second kappa shape index (κ2) is 7.07. The highest BCUT2D eigenvalue weighted by atomic mass is 16.2. The van der Waals surface area contributed by atoms with E-state index >= 15 is 0 Å². The minimum absolute atomic E-state index is 0.0821. The number of benzene rings is 1. The summed E-state index contributed by atoms with van der Waals surface area (Å²) in [6.45, 7) is 8.77. The summed E-state index contributed by atoms with van der Waals surface area (Å²) in [6, 6.07) is 10.1. The largest absolute Gasteiger partial charge is 0.345 e. The van der Waals surface area contributed by atoms with Gasteiger partial charge in [0.1, 0.15) is 0 Å². The molecule has 0 fully saturated rings. The number of amides is 1. The van der Waals surface area contributed by atoms with E-state index in [0.717, 1.165) is 18.7 Å². The summed E-state index contributed by atoms with van der Waals surface area (Å²) in [5.41, 5.74) is 1.15. The van der Waals surface area contributed by atoms with Crippen molar-refractivity contribution in [1.29, 1.82) is 0 Å². The molecule has 0 aliphatic carbocycles. The van der Waals surface area contributed by atoms with Crippen molar-refractivity contribution in [3.05, 3.63) is 35.9 Å². The van der Waals surface area contributed by atoms with E-state index in [1.54, 1.807) is 0 Å². The number of carbonyl (C=O) groups is 1. The third-order valence-electron chi connectivity index (χ3n) is 3.09. The van der Waals surface area contributed by atoms with Crippen molar-refractivity contribution in [1.82, 2.24) is 5.32 Å². The number of quaternary nitrogens is 1. The lowest BCUT2D eigenvalue weighted by molar-refractivity contribution is -0.888. The molecule has 1 rings (SSSR count). The molecule has 0 aliphatic heterocycles. The fraction of sp³-hybridized carbons (Fsp3) is 0.500. The highest BCUT2D eigenvalue weighted by molar-refractivity contribution is 5.77. The summed E-state index contributed by atoms with van der Waals surface area (Å²) < 4.78 is 0. The molecule has 0 aliphatic rings. The third kappa shape index (κ3) is 4.57. The minimum Gasteiger partial charge on any atom is -0.345 e. The summed E-state index contributed by atoms with van der Waals surface area (Å²) in [6.07, 6.45) is 0. The second-order valence-corrected chi connectivity index (χ2v) is 4.33. The number of hydrogen-bond acceptors (Lipinski definition) is 1. The van der Waals surface area contributed by atoms with Crippen LogP contribution in [0, 0.1) is 0 Å². The van der Waals surface area contributed by atoms with Gasteiger partial charge in [0.2, 0.25) is 0 Å². The molecule has 17 heavy (non-hydrogen) atoms. The summed E-state index contributed by atoms with van der Waals surface area (Å²) in [5, 5.41) is 3.04. The molecular formula is C14H23N2O+. The Kier molecular flexibility index (Phi) is 5.70. The lowest BCUT2D eigenvalue weighted by atomic mass is 10.1. The minimum atomic E-state index is 0.0821. The maximum absolute atomic E-state index is 11.8. The summed E-state index contributed by atoms with van der Waals surface area (Å²) in [5.74, 6) is 0.125. The van der Waals surface area contributed by atoms with Gasteiger partial charge in [-0.3, -0.25) is 4.79 Å². The Morgan fingerprint density at radius 2 is 1.82 bits per heavy atom. The first-order valence-corrected chi connectivity index (χ1v) is 6.35. The lowest BCUT2D eigenvalue weighted by Crippen LogP contribution is -3.12. The molecule has 3 heteroatoms. The van der Waals surface area contributed by atoms with Gasteiger partial charge in [-0.1, -0.05) is 30.3 Å². The van der Waals surface area contributed by atoms with E-state index < -0.39 is 0 Å². The van der Waals surface area contributed by atoms with E-state index in [4.69, 9.17) is 0 Å². The molecule has 0 saturated carbocycles. The number of carbonyl (C=O) groups excluding carboxylic acids is 1. The molecule has 3 nitrogen and oxygen atoms in total. The Labute approximate surface area is 104 Å². The van der Waals surface area contributed by atoms with Crippen molar-refractivity contribution in [2.45, 2.75) is 26.8 Å². The predicted molar refractivity (Wildman–Crippen MR) is 69.9 cm³/mol. The lowest BCUT2D eigenvalue weighted by Gasteiger charge is -2.18. The second-order valence-electron chi connectivity index (χ2n) is 4.33. The van der Waals surface area contributed by atoms with Crippen LogP contribution in [0.4, 0.5) is 0 Å². The summed E-state index contributed by atoms with van der Waals surface area (Å²) in [4.78, 5) is 13.1. The Bertz CT molecular complexity index is 333. The van der Waals surface area contributed by atoms with E-state index in [1.165, 1.54) is 4.90 Å². The first-order valence-electron chi connectivity index (χ1n) is 6.35. The molecule has 0 spiro atoms. The third-order valence-corrected chi connectivity index (χ3v) is 3.09. The Balaban J connectivity index is 2.46. The number of nitrogens with one attached hydrogen (secondary N) is 2. The van der Waals surface area contributed by atoms with Crippen LogP contribution in [-0.2, 0) is 4.79 Å². The number of rotatable bonds is 6. The molecule has 2 N–H and O–H groups in total. The van der Waals surface area contributed by atoms with Gasteiger partial charge in [-0.2, -0.15) is 0 Å².